The Labute approximate surface area is 115 Å². The fraction of sp³-hybridized carbons (Fsp3) is 0.500. The van der Waals surface area contributed by atoms with Gasteiger partial charge in [0, 0.05) is 19.8 Å². The van der Waals surface area contributed by atoms with Crippen LogP contribution in [-0.4, -0.2) is 19.3 Å². The number of hydrogen-bond donors (Lipinski definition) is 1. The average Bonchev–Trinajstić information content (AvgIpc) is 2.84. The molecule has 0 unspecified atom stereocenters. The molecule has 0 saturated heterocycles. The van der Waals surface area contributed by atoms with Gasteiger partial charge in [-0.3, -0.25) is 4.68 Å². The van der Waals surface area contributed by atoms with E-state index in [0.29, 0.717) is 6.54 Å². The standard InChI is InChI=1S/C12H18BrN5/c1-4-10-12(13)11(17(3)16-10)7-18-8(2)15-6-9(18)5-14/h6H,4-5,7,14H2,1-3H3. The molecule has 2 rings (SSSR count). The Morgan fingerprint density at radius 1 is 1.44 bits per heavy atom. The third kappa shape index (κ3) is 2.22. The van der Waals surface area contributed by atoms with Gasteiger partial charge in [-0.05, 0) is 29.3 Å². The normalized spacial score (nSPS) is 11.2. The summed E-state index contributed by atoms with van der Waals surface area (Å²) < 4.78 is 5.13. The Hall–Kier alpha value is -1.14. The van der Waals surface area contributed by atoms with E-state index in [1.54, 1.807) is 0 Å². The molecule has 2 N–H and O–H groups in total. The van der Waals surface area contributed by atoms with Crippen molar-refractivity contribution in [2.24, 2.45) is 12.8 Å². The summed E-state index contributed by atoms with van der Waals surface area (Å²) in [4.78, 5) is 4.31. The highest BCUT2D eigenvalue weighted by atomic mass is 79.9. The van der Waals surface area contributed by atoms with Crippen molar-refractivity contribution in [3.05, 3.63) is 33.6 Å². The zero-order valence-corrected chi connectivity index (χ0v) is 12.5. The molecule has 0 aliphatic carbocycles. The highest BCUT2D eigenvalue weighted by Crippen LogP contribution is 2.23. The molecule has 0 amide bonds. The van der Waals surface area contributed by atoms with Crippen LogP contribution in [0.25, 0.3) is 0 Å². The number of aromatic nitrogens is 4. The van der Waals surface area contributed by atoms with Gasteiger partial charge in [-0.1, -0.05) is 6.92 Å². The van der Waals surface area contributed by atoms with Gasteiger partial charge in [-0.15, -0.1) is 0 Å². The second kappa shape index (κ2) is 5.24. The van der Waals surface area contributed by atoms with Crippen molar-refractivity contribution in [2.75, 3.05) is 0 Å². The van der Waals surface area contributed by atoms with Gasteiger partial charge >= 0.3 is 0 Å². The molecule has 0 saturated carbocycles. The molecule has 0 fully saturated rings. The van der Waals surface area contributed by atoms with E-state index in [0.717, 1.165) is 40.3 Å². The SMILES string of the molecule is CCc1nn(C)c(Cn2c(CN)cnc2C)c1Br. The van der Waals surface area contributed by atoms with E-state index in [4.69, 9.17) is 5.73 Å². The first-order chi connectivity index (χ1) is 8.58. The number of hydrogen-bond acceptors (Lipinski definition) is 3. The maximum Gasteiger partial charge on any atom is 0.106 e. The summed E-state index contributed by atoms with van der Waals surface area (Å²) in [6.45, 7) is 5.33. The van der Waals surface area contributed by atoms with Crippen LogP contribution in [-0.2, 0) is 26.6 Å². The van der Waals surface area contributed by atoms with E-state index in [-0.39, 0.29) is 0 Å². The molecule has 6 heteroatoms. The van der Waals surface area contributed by atoms with E-state index in [2.05, 4.69) is 37.5 Å². The van der Waals surface area contributed by atoms with Crippen molar-refractivity contribution in [1.82, 2.24) is 19.3 Å². The van der Waals surface area contributed by atoms with Gasteiger partial charge in [0.15, 0.2) is 0 Å². The zero-order chi connectivity index (χ0) is 13.3. The van der Waals surface area contributed by atoms with Gasteiger partial charge in [0.1, 0.15) is 5.82 Å². The van der Waals surface area contributed by atoms with Crippen LogP contribution < -0.4 is 5.73 Å². The maximum atomic E-state index is 5.73. The van der Waals surface area contributed by atoms with E-state index >= 15 is 0 Å². The van der Waals surface area contributed by atoms with Gasteiger partial charge < -0.3 is 10.3 Å². The van der Waals surface area contributed by atoms with Gasteiger partial charge in [-0.25, -0.2) is 4.98 Å². The van der Waals surface area contributed by atoms with Crippen molar-refractivity contribution in [2.45, 2.75) is 33.4 Å². The predicted molar refractivity (Wildman–Crippen MR) is 74.2 cm³/mol. The predicted octanol–water partition coefficient (Wildman–Crippen LogP) is 1.76. The van der Waals surface area contributed by atoms with Crippen LogP contribution in [0.4, 0.5) is 0 Å². The molecular formula is C12H18BrN5. The molecule has 0 atom stereocenters. The van der Waals surface area contributed by atoms with Crippen LogP contribution in [0.2, 0.25) is 0 Å². The van der Waals surface area contributed by atoms with E-state index in [9.17, 15) is 0 Å². The minimum atomic E-state index is 0.497. The maximum absolute atomic E-state index is 5.73. The quantitative estimate of drug-likeness (QED) is 0.936. The van der Waals surface area contributed by atoms with Crippen LogP contribution in [0.3, 0.4) is 0 Å². The minimum absolute atomic E-state index is 0.497. The summed E-state index contributed by atoms with van der Waals surface area (Å²) in [6.07, 6.45) is 2.75. The molecule has 98 valence electrons. The smallest absolute Gasteiger partial charge is 0.106 e. The van der Waals surface area contributed by atoms with Gasteiger partial charge in [-0.2, -0.15) is 5.10 Å². The summed E-state index contributed by atoms with van der Waals surface area (Å²) in [5.74, 6) is 0.974. The molecule has 18 heavy (non-hydrogen) atoms. The molecule has 0 spiro atoms. The Kier molecular flexibility index (Phi) is 3.87. The first kappa shape index (κ1) is 13.3. The lowest BCUT2D eigenvalue weighted by Gasteiger charge is -2.10. The summed E-state index contributed by atoms with van der Waals surface area (Å²) in [6, 6.07) is 0. The highest BCUT2D eigenvalue weighted by Gasteiger charge is 2.15. The van der Waals surface area contributed by atoms with E-state index in [1.165, 1.54) is 0 Å². The molecule has 2 heterocycles. The van der Waals surface area contributed by atoms with E-state index < -0.39 is 0 Å². The molecule has 5 nitrogen and oxygen atoms in total. The van der Waals surface area contributed by atoms with Crippen LogP contribution in [0.5, 0.6) is 0 Å². The van der Waals surface area contributed by atoms with Crippen LogP contribution in [0, 0.1) is 6.92 Å². The van der Waals surface area contributed by atoms with Crippen LogP contribution in [0.1, 0.15) is 29.8 Å². The summed E-state index contributed by atoms with van der Waals surface area (Å²) in [5, 5.41) is 4.50. The van der Waals surface area contributed by atoms with Gasteiger partial charge in [0.05, 0.1) is 28.1 Å². The summed E-state index contributed by atoms with van der Waals surface area (Å²) in [7, 11) is 1.97. The van der Waals surface area contributed by atoms with Crippen molar-refractivity contribution in [3.63, 3.8) is 0 Å². The van der Waals surface area contributed by atoms with Gasteiger partial charge in [0.25, 0.3) is 0 Å². The number of nitrogens with two attached hydrogens (primary N) is 1. The Morgan fingerprint density at radius 2 is 2.17 bits per heavy atom. The Bertz CT molecular complexity index is 555. The summed E-state index contributed by atoms with van der Waals surface area (Å²) in [5.41, 5.74) is 8.99. The fourth-order valence-corrected chi connectivity index (χ4v) is 2.78. The lowest BCUT2D eigenvalue weighted by molar-refractivity contribution is 0.633. The third-order valence-corrected chi connectivity index (χ3v) is 4.07. The average molecular weight is 312 g/mol. The second-order valence-corrected chi connectivity index (χ2v) is 5.06. The third-order valence-electron chi connectivity index (χ3n) is 3.16. The monoisotopic (exact) mass is 311 g/mol. The Balaban J connectivity index is 2.39. The number of aryl methyl sites for hydroxylation is 3. The lowest BCUT2D eigenvalue weighted by atomic mass is 10.3. The largest absolute Gasteiger partial charge is 0.325 e. The van der Waals surface area contributed by atoms with E-state index in [1.807, 2.05) is 24.9 Å². The van der Waals surface area contributed by atoms with Crippen molar-refractivity contribution >= 4 is 15.9 Å². The number of halogens is 1. The first-order valence-corrected chi connectivity index (χ1v) is 6.79. The zero-order valence-electron chi connectivity index (χ0n) is 10.9. The van der Waals surface area contributed by atoms with Crippen LogP contribution in [0.15, 0.2) is 10.7 Å². The molecular weight excluding hydrogens is 294 g/mol. The lowest BCUT2D eigenvalue weighted by Crippen LogP contribution is -2.12. The number of imidazole rings is 1. The fourth-order valence-electron chi connectivity index (χ4n) is 2.04. The second-order valence-electron chi connectivity index (χ2n) is 4.27. The highest BCUT2D eigenvalue weighted by molar-refractivity contribution is 9.10. The molecule has 0 bridgehead atoms. The Morgan fingerprint density at radius 3 is 2.72 bits per heavy atom. The molecule has 0 aliphatic rings. The first-order valence-electron chi connectivity index (χ1n) is 5.99. The summed E-state index contributed by atoms with van der Waals surface area (Å²) >= 11 is 3.63. The molecule has 0 radical (unpaired) electrons. The van der Waals surface area contributed by atoms with Gasteiger partial charge in [0.2, 0.25) is 0 Å². The van der Waals surface area contributed by atoms with Crippen molar-refractivity contribution in [1.29, 1.82) is 0 Å². The topological polar surface area (TPSA) is 61.7 Å². The van der Waals surface area contributed by atoms with Crippen molar-refractivity contribution in [3.8, 4) is 0 Å². The number of nitrogens with zero attached hydrogens (tertiary/aromatic N) is 4. The van der Waals surface area contributed by atoms with Crippen molar-refractivity contribution < 1.29 is 0 Å². The van der Waals surface area contributed by atoms with Crippen LogP contribution >= 0.6 is 15.9 Å². The minimum Gasteiger partial charge on any atom is -0.325 e. The molecule has 0 aromatic carbocycles. The molecule has 2 aromatic heterocycles. The molecule has 2 aromatic rings. The molecule has 0 aliphatic heterocycles. The number of rotatable bonds is 4.